The fourth-order valence-corrected chi connectivity index (χ4v) is 3.15. The maximum atomic E-state index is 12.2. The highest BCUT2D eigenvalue weighted by molar-refractivity contribution is 5.89. The zero-order valence-corrected chi connectivity index (χ0v) is 15.4. The molecule has 0 saturated heterocycles. The second-order valence-electron chi connectivity index (χ2n) is 6.66. The Hall–Kier alpha value is -3.25. The van der Waals surface area contributed by atoms with Crippen molar-refractivity contribution < 1.29 is 18.7 Å². The largest absolute Gasteiger partial charge is 0.488 e. The lowest BCUT2D eigenvalue weighted by atomic mass is 10.1. The van der Waals surface area contributed by atoms with Crippen LogP contribution in [0, 0.1) is 0 Å². The molecule has 0 saturated carbocycles. The highest BCUT2D eigenvalue weighted by Crippen LogP contribution is 2.27. The van der Waals surface area contributed by atoms with Crippen LogP contribution in [-0.4, -0.2) is 18.7 Å². The SMILES string of the molecule is O=C(NCC1Cc2ccccc2O1)Nc1cccc(COCc2ccco2)c1. The molecule has 4 rings (SSSR count). The van der Waals surface area contributed by atoms with Gasteiger partial charge in [0.1, 0.15) is 24.2 Å². The number of amides is 2. The number of furan rings is 1. The van der Waals surface area contributed by atoms with E-state index in [-0.39, 0.29) is 12.1 Å². The van der Waals surface area contributed by atoms with Gasteiger partial charge in [-0.25, -0.2) is 4.79 Å². The van der Waals surface area contributed by atoms with Crippen LogP contribution in [0.25, 0.3) is 0 Å². The Kier molecular flexibility index (Phi) is 5.58. The van der Waals surface area contributed by atoms with Crippen molar-refractivity contribution in [2.75, 3.05) is 11.9 Å². The van der Waals surface area contributed by atoms with E-state index in [2.05, 4.69) is 16.7 Å². The summed E-state index contributed by atoms with van der Waals surface area (Å²) in [5.41, 5.74) is 2.86. The summed E-state index contributed by atoms with van der Waals surface area (Å²) in [5, 5.41) is 5.72. The lowest BCUT2D eigenvalue weighted by Gasteiger charge is -2.13. The number of para-hydroxylation sites is 1. The van der Waals surface area contributed by atoms with Crippen LogP contribution in [0.2, 0.25) is 0 Å². The number of anilines is 1. The molecule has 2 aromatic carbocycles. The predicted molar refractivity (Wildman–Crippen MR) is 105 cm³/mol. The van der Waals surface area contributed by atoms with E-state index in [1.54, 1.807) is 6.26 Å². The normalized spacial score (nSPS) is 14.9. The summed E-state index contributed by atoms with van der Waals surface area (Å²) >= 11 is 0. The van der Waals surface area contributed by atoms with Crippen LogP contribution in [0.1, 0.15) is 16.9 Å². The smallest absolute Gasteiger partial charge is 0.319 e. The molecule has 1 aromatic heterocycles. The minimum absolute atomic E-state index is 0.0375. The summed E-state index contributed by atoms with van der Waals surface area (Å²) in [4.78, 5) is 12.2. The molecule has 0 spiro atoms. The van der Waals surface area contributed by atoms with Gasteiger partial charge in [0.15, 0.2) is 0 Å². The highest BCUT2D eigenvalue weighted by Gasteiger charge is 2.22. The zero-order valence-electron chi connectivity index (χ0n) is 15.4. The third-order valence-corrected chi connectivity index (χ3v) is 4.48. The molecule has 2 heterocycles. The molecule has 1 unspecified atom stereocenters. The quantitative estimate of drug-likeness (QED) is 0.649. The number of carbonyl (C=O) groups excluding carboxylic acids is 1. The molecule has 3 aromatic rings. The molecule has 1 aliphatic heterocycles. The van der Waals surface area contributed by atoms with Gasteiger partial charge in [0.05, 0.1) is 19.4 Å². The van der Waals surface area contributed by atoms with Crippen molar-refractivity contribution in [2.24, 2.45) is 0 Å². The number of rotatable bonds is 7. The van der Waals surface area contributed by atoms with Crippen molar-refractivity contribution in [2.45, 2.75) is 25.7 Å². The lowest BCUT2D eigenvalue weighted by molar-refractivity contribution is 0.0930. The number of carbonyl (C=O) groups is 1. The first kappa shape index (κ1) is 18.1. The van der Waals surface area contributed by atoms with E-state index < -0.39 is 0 Å². The van der Waals surface area contributed by atoms with Gasteiger partial charge in [0.2, 0.25) is 0 Å². The number of ether oxygens (including phenoxy) is 2. The molecule has 1 atom stereocenters. The molecule has 6 heteroatoms. The Labute approximate surface area is 163 Å². The topological polar surface area (TPSA) is 72.7 Å². The first-order valence-electron chi connectivity index (χ1n) is 9.25. The van der Waals surface area contributed by atoms with E-state index >= 15 is 0 Å². The number of hydrogen-bond acceptors (Lipinski definition) is 4. The molecular formula is C22H22N2O4. The van der Waals surface area contributed by atoms with Crippen molar-refractivity contribution in [1.82, 2.24) is 5.32 Å². The van der Waals surface area contributed by atoms with E-state index in [0.717, 1.165) is 23.5 Å². The van der Waals surface area contributed by atoms with E-state index in [0.29, 0.717) is 25.4 Å². The summed E-state index contributed by atoms with van der Waals surface area (Å²) in [6.45, 7) is 1.30. The molecule has 2 amide bonds. The minimum Gasteiger partial charge on any atom is -0.488 e. The first-order chi connectivity index (χ1) is 13.8. The minimum atomic E-state index is -0.256. The maximum Gasteiger partial charge on any atom is 0.319 e. The molecule has 0 radical (unpaired) electrons. The molecule has 1 aliphatic rings. The lowest BCUT2D eigenvalue weighted by Crippen LogP contribution is -2.37. The molecule has 6 nitrogen and oxygen atoms in total. The number of hydrogen-bond donors (Lipinski definition) is 2. The number of benzene rings is 2. The van der Waals surface area contributed by atoms with Crippen LogP contribution in [0.15, 0.2) is 71.3 Å². The first-order valence-corrected chi connectivity index (χ1v) is 9.25. The van der Waals surface area contributed by atoms with E-state index in [1.165, 1.54) is 5.56 Å². The number of urea groups is 1. The van der Waals surface area contributed by atoms with Crippen molar-refractivity contribution >= 4 is 11.7 Å². The van der Waals surface area contributed by atoms with E-state index in [9.17, 15) is 4.79 Å². The second kappa shape index (κ2) is 8.63. The van der Waals surface area contributed by atoms with Crippen LogP contribution < -0.4 is 15.4 Å². The van der Waals surface area contributed by atoms with Gasteiger partial charge in [-0.1, -0.05) is 30.3 Å². The standard InChI is InChI=1S/C22H22N2O4/c25-22(23-13-20-12-17-6-1-2-9-21(17)28-20)24-18-7-3-5-16(11-18)14-26-15-19-8-4-10-27-19/h1-11,20H,12-15H2,(H2,23,24,25). The van der Waals surface area contributed by atoms with Crippen LogP contribution >= 0.6 is 0 Å². The molecular weight excluding hydrogens is 356 g/mol. The zero-order chi connectivity index (χ0) is 19.2. The van der Waals surface area contributed by atoms with E-state index in [4.69, 9.17) is 13.9 Å². The van der Waals surface area contributed by atoms with Gasteiger partial charge in [0, 0.05) is 12.1 Å². The van der Waals surface area contributed by atoms with Gasteiger partial charge in [-0.3, -0.25) is 0 Å². The molecule has 2 N–H and O–H groups in total. The fourth-order valence-electron chi connectivity index (χ4n) is 3.15. The van der Waals surface area contributed by atoms with Gasteiger partial charge >= 0.3 is 6.03 Å². The van der Waals surface area contributed by atoms with Crippen molar-refractivity contribution in [3.63, 3.8) is 0 Å². The van der Waals surface area contributed by atoms with Gasteiger partial charge < -0.3 is 24.5 Å². The third-order valence-electron chi connectivity index (χ3n) is 4.48. The van der Waals surface area contributed by atoms with Gasteiger partial charge in [0.25, 0.3) is 0 Å². The van der Waals surface area contributed by atoms with Crippen molar-refractivity contribution in [3.8, 4) is 5.75 Å². The average molecular weight is 378 g/mol. The number of nitrogens with one attached hydrogen (secondary N) is 2. The summed E-state index contributed by atoms with van der Waals surface area (Å²) in [5.74, 6) is 1.68. The summed E-state index contributed by atoms with van der Waals surface area (Å²) in [6, 6.07) is 19.0. The monoisotopic (exact) mass is 378 g/mol. The molecule has 0 fully saturated rings. The third kappa shape index (κ3) is 4.72. The van der Waals surface area contributed by atoms with Crippen molar-refractivity contribution in [3.05, 3.63) is 83.8 Å². The Morgan fingerprint density at radius 3 is 2.86 bits per heavy atom. The molecule has 28 heavy (non-hydrogen) atoms. The van der Waals surface area contributed by atoms with Crippen LogP contribution in [0.5, 0.6) is 5.75 Å². The molecule has 144 valence electrons. The second-order valence-corrected chi connectivity index (χ2v) is 6.66. The maximum absolute atomic E-state index is 12.2. The van der Waals surface area contributed by atoms with E-state index in [1.807, 2.05) is 54.6 Å². The predicted octanol–water partition coefficient (Wildman–Crippen LogP) is 4.12. The Morgan fingerprint density at radius 2 is 2.00 bits per heavy atom. The van der Waals surface area contributed by atoms with Gasteiger partial charge in [-0.05, 0) is 41.5 Å². The average Bonchev–Trinajstić information content (AvgIpc) is 3.36. The number of fused-ring (bicyclic) bond motifs is 1. The molecule has 0 bridgehead atoms. The summed E-state index contributed by atoms with van der Waals surface area (Å²) in [7, 11) is 0. The Bertz CT molecular complexity index is 899. The summed E-state index contributed by atoms with van der Waals surface area (Å²) in [6.07, 6.45) is 2.39. The fraction of sp³-hybridized carbons (Fsp3) is 0.227. The van der Waals surface area contributed by atoms with Gasteiger partial charge in [-0.2, -0.15) is 0 Å². The van der Waals surface area contributed by atoms with Crippen LogP contribution in [0.4, 0.5) is 10.5 Å². The van der Waals surface area contributed by atoms with Crippen molar-refractivity contribution in [1.29, 1.82) is 0 Å². The summed E-state index contributed by atoms with van der Waals surface area (Å²) < 4.78 is 16.7. The Morgan fingerprint density at radius 1 is 1.07 bits per heavy atom. The highest BCUT2D eigenvalue weighted by atomic mass is 16.5. The molecule has 0 aliphatic carbocycles. The van der Waals surface area contributed by atoms with Crippen LogP contribution in [0.3, 0.4) is 0 Å². The van der Waals surface area contributed by atoms with Gasteiger partial charge in [-0.15, -0.1) is 0 Å². The van der Waals surface area contributed by atoms with Crippen LogP contribution in [-0.2, 0) is 24.4 Å². The Balaban J connectivity index is 1.22.